The summed E-state index contributed by atoms with van der Waals surface area (Å²) in [5.41, 5.74) is 6.13. The van der Waals surface area contributed by atoms with E-state index in [-0.39, 0.29) is 89.4 Å². The number of aromatic nitrogens is 5. The van der Waals surface area contributed by atoms with Gasteiger partial charge in [0.2, 0.25) is 11.8 Å². The number of fused-ring (bicyclic) bond motifs is 3. The number of nitrogens with one attached hydrogen (secondary N) is 1. The maximum Gasteiger partial charge on any atom is 0.409 e. The minimum Gasteiger partial charge on any atom is -0.508 e. The molecular weight excluding hydrogens is 1110 g/mol. The second-order valence-corrected chi connectivity index (χ2v) is 26.2. The van der Waals surface area contributed by atoms with Gasteiger partial charge in [0.05, 0.1) is 39.2 Å². The van der Waals surface area contributed by atoms with Crippen LogP contribution in [0.5, 0.6) is 11.8 Å². The Kier molecular flexibility index (Phi) is 15.6. The molecule has 6 fully saturated rings. The van der Waals surface area contributed by atoms with Crippen LogP contribution in [0.1, 0.15) is 120 Å². The Morgan fingerprint density at radius 3 is 2.47 bits per heavy atom. The van der Waals surface area contributed by atoms with E-state index in [1.165, 1.54) is 4.90 Å². The Morgan fingerprint density at radius 1 is 0.930 bits per heavy atom. The SMILES string of the molecule is CCc1cccc2cc(O)cc(-c3ncc4c(N5CCCCCC5)nc(OC[C@]56CCCN5[C@H](COC(=O)N5CC7(C5)CN(c5cc([C@H](C(=O)N8C[C@H](O)C[C@H]8C(=O)N[C@@H](C)c8ccc(-c9scnc9C)cc8)C(C)C)on5)C7)CC6)nc4c3F)c12. The van der Waals surface area contributed by atoms with Crippen LogP contribution in [0.15, 0.2) is 76.9 Å². The van der Waals surface area contributed by atoms with Crippen molar-refractivity contribution >= 4 is 62.6 Å². The van der Waals surface area contributed by atoms with Crippen molar-refractivity contribution in [1.29, 1.82) is 0 Å². The molecule has 6 aliphatic rings. The molecule has 3 N–H and O–H groups in total. The molecule has 10 heterocycles. The Morgan fingerprint density at radius 2 is 1.72 bits per heavy atom. The molecular formula is C65H76FN11O8S. The molecule has 6 aliphatic heterocycles. The second-order valence-electron chi connectivity index (χ2n) is 25.4. The average Bonchev–Trinajstić information content (AvgIpc) is 1.56. The van der Waals surface area contributed by atoms with Crippen LogP contribution >= 0.6 is 11.3 Å². The van der Waals surface area contributed by atoms with Crippen LogP contribution < -0.4 is 19.9 Å². The van der Waals surface area contributed by atoms with Crippen molar-refractivity contribution in [2.45, 2.75) is 135 Å². The van der Waals surface area contributed by atoms with Crippen LogP contribution in [0.2, 0.25) is 0 Å². The molecule has 452 valence electrons. The van der Waals surface area contributed by atoms with Crippen LogP contribution in [0, 0.1) is 24.1 Å². The Hall–Kier alpha value is -7.49. The number of β-amino-alcohol motifs (C(OH)–C–C–N with tert-alkyl or cyclic N) is 1. The predicted molar refractivity (Wildman–Crippen MR) is 326 cm³/mol. The summed E-state index contributed by atoms with van der Waals surface area (Å²) in [6, 6.07) is 17.9. The molecule has 3 amide bonds. The number of hydrogen-bond donors (Lipinski definition) is 3. The second kappa shape index (κ2) is 23.3. The predicted octanol–water partition coefficient (Wildman–Crippen LogP) is 9.97. The number of anilines is 2. The number of likely N-dealkylation sites (tertiary alicyclic amines) is 2. The van der Waals surface area contributed by atoms with Crippen molar-refractivity contribution in [3.63, 3.8) is 0 Å². The number of amides is 3. The summed E-state index contributed by atoms with van der Waals surface area (Å²) in [6.45, 7) is 15.2. The minimum atomic E-state index is -0.850. The molecule has 0 unspecified atom stereocenters. The number of aromatic hydroxyl groups is 1. The third kappa shape index (κ3) is 10.7. The monoisotopic (exact) mass is 1190 g/mol. The van der Waals surface area contributed by atoms with E-state index in [1.807, 2.05) is 81.7 Å². The third-order valence-electron chi connectivity index (χ3n) is 19.2. The highest BCUT2D eigenvalue weighted by molar-refractivity contribution is 7.13. The van der Waals surface area contributed by atoms with Gasteiger partial charge in [0.25, 0.3) is 0 Å². The number of rotatable bonds is 16. The molecule has 21 heteroatoms. The van der Waals surface area contributed by atoms with Crippen molar-refractivity contribution in [2.75, 3.05) is 75.4 Å². The molecule has 19 nitrogen and oxygen atoms in total. The van der Waals surface area contributed by atoms with E-state index in [0.29, 0.717) is 61.1 Å². The Bertz CT molecular complexity index is 3690. The summed E-state index contributed by atoms with van der Waals surface area (Å²) >= 11 is 1.58. The van der Waals surface area contributed by atoms with Crippen LogP contribution in [0.3, 0.4) is 0 Å². The zero-order valence-corrected chi connectivity index (χ0v) is 50.5. The number of carbonyl (C=O) groups excluding carboxylic acids is 3. The summed E-state index contributed by atoms with van der Waals surface area (Å²) in [5, 5.41) is 31.3. The molecule has 6 atom stereocenters. The van der Waals surface area contributed by atoms with E-state index in [1.54, 1.807) is 34.6 Å². The largest absolute Gasteiger partial charge is 0.508 e. The van der Waals surface area contributed by atoms with Crippen LogP contribution in [0.4, 0.5) is 20.8 Å². The lowest BCUT2D eigenvalue weighted by molar-refractivity contribution is -0.141. The van der Waals surface area contributed by atoms with E-state index in [0.717, 1.165) is 115 Å². The molecule has 86 heavy (non-hydrogen) atoms. The van der Waals surface area contributed by atoms with Crippen molar-refractivity contribution in [2.24, 2.45) is 11.3 Å². The van der Waals surface area contributed by atoms with E-state index < -0.39 is 23.9 Å². The first-order valence-corrected chi connectivity index (χ1v) is 31.6. The maximum atomic E-state index is 17.3. The van der Waals surface area contributed by atoms with Gasteiger partial charge in [0.15, 0.2) is 17.4 Å². The lowest BCUT2D eigenvalue weighted by Gasteiger charge is -2.59. The first-order valence-electron chi connectivity index (χ1n) is 30.8. The summed E-state index contributed by atoms with van der Waals surface area (Å²) in [4.78, 5) is 71.9. The fourth-order valence-electron chi connectivity index (χ4n) is 14.7. The van der Waals surface area contributed by atoms with Gasteiger partial charge >= 0.3 is 12.1 Å². The van der Waals surface area contributed by atoms with Gasteiger partial charge in [-0.15, -0.1) is 11.3 Å². The lowest BCUT2D eigenvalue weighted by Crippen LogP contribution is -2.73. The van der Waals surface area contributed by atoms with E-state index in [4.69, 9.17) is 28.9 Å². The van der Waals surface area contributed by atoms with E-state index in [9.17, 15) is 24.6 Å². The molecule has 3 aromatic carbocycles. The smallest absolute Gasteiger partial charge is 0.409 e. The third-order valence-corrected chi connectivity index (χ3v) is 20.2. The van der Waals surface area contributed by atoms with Crippen LogP contribution in [-0.4, -0.2) is 157 Å². The summed E-state index contributed by atoms with van der Waals surface area (Å²) < 4.78 is 35.9. The number of carbonyl (C=O) groups is 3. The number of phenols is 1. The van der Waals surface area contributed by atoms with Gasteiger partial charge in [0.1, 0.15) is 48.0 Å². The standard InChI is InChI=1S/C65H76FN11O8S/c1-6-41-13-11-14-44-25-46(78)26-48(54(41)44)56-55(66)57-49(29-67-56)59(73-22-9-7-8-10-23-73)71-62(70-57)84-36-65-20-12-24-77(65)45(19-21-65)31-83-63(82)75-34-64(35-75)32-74(33-64)52-28-51(85-72-52)53(38(2)3)61(81)76-30-47(79)27-50(76)60(80)69-39(4)42-15-17-43(18-16-42)58-40(5)68-37-86-58/h11,13-18,25-26,28-29,37-39,45,47,50,53,78-79H,6-10,12,19-24,27,30-36H2,1-5H3,(H,69,80)/t39-,45-,47+,50-,53+,65+/m0/s1. The molecule has 13 rings (SSSR count). The van der Waals surface area contributed by atoms with Gasteiger partial charge < -0.3 is 49.1 Å². The number of pyridine rings is 1. The van der Waals surface area contributed by atoms with Gasteiger partial charge in [-0.05, 0) is 111 Å². The van der Waals surface area contributed by atoms with Crippen molar-refractivity contribution in [1.82, 2.24) is 45.1 Å². The maximum absolute atomic E-state index is 17.3. The first-order chi connectivity index (χ1) is 41.6. The highest BCUT2D eigenvalue weighted by atomic mass is 32.1. The summed E-state index contributed by atoms with van der Waals surface area (Å²) in [5.74, 6) is -0.478. The number of nitrogens with zero attached hydrogens (tertiary/aromatic N) is 10. The molecule has 1 spiro atoms. The fourth-order valence-corrected chi connectivity index (χ4v) is 15.5. The number of aliphatic hydroxyl groups excluding tert-OH is 1. The van der Waals surface area contributed by atoms with Crippen molar-refractivity contribution < 1.29 is 43.0 Å². The van der Waals surface area contributed by atoms with Gasteiger partial charge in [0, 0.05) is 81.5 Å². The van der Waals surface area contributed by atoms with Gasteiger partial charge in [-0.3, -0.25) is 19.5 Å². The van der Waals surface area contributed by atoms with Gasteiger partial charge in [-0.1, -0.05) is 81.2 Å². The highest BCUT2D eigenvalue weighted by Gasteiger charge is 2.55. The number of aryl methyl sites for hydroxylation is 2. The molecule has 0 radical (unpaired) electrons. The highest BCUT2D eigenvalue weighted by Crippen LogP contribution is 2.46. The topological polar surface area (TPSA) is 216 Å². The van der Waals surface area contributed by atoms with Crippen molar-refractivity contribution in [3.8, 4) is 33.5 Å². The summed E-state index contributed by atoms with van der Waals surface area (Å²) in [6.07, 6.45) is 9.10. The first kappa shape index (κ1) is 57.6. The number of benzene rings is 3. The van der Waals surface area contributed by atoms with Crippen molar-refractivity contribution in [3.05, 3.63) is 101 Å². The zero-order valence-electron chi connectivity index (χ0n) is 49.6. The normalized spacial score (nSPS) is 22.7. The van der Waals surface area contributed by atoms with E-state index in [2.05, 4.69) is 37.1 Å². The molecule has 6 saturated heterocycles. The van der Waals surface area contributed by atoms with Crippen LogP contribution in [-0.2, 0) is 20.7 Å². The Labute approximate surface area is 503 Å². The number of halogens is 1. The summed E-state index contributed by atoms with van der Waals surface area (Å²) in [7, 11) is 0. The number of aliphatic hydroxyl groups is 1. The Balaban J connectivity index is 0.617. The zero-order chi connectivity index (χ0) is 59.6. The molecule has 4 aromatic heterocycles. The fraction of sp³-hybridized carbons (Fsp3) is 0.508. The number of hydrogen-bond acceptors (Lipinski definition) is 17. The molecule has 0 bridgehead atoms. The number of ether oxygens (including phenoxy) is 2. The van der Waals surface area contributed by atoms with Crippen LogP contribution in [0.25, 0.3) is 43.4 Å². The quantitative estimate of drug-likeness (QED) is 0.0820. The lowest BCUT2D eigenvalue weighted by atomic mass is 9.73. The van der Waals surface area contributed by atoms with Gasteiger partial charge in [-0.25, -0.2) is 14.2 Å². The number of thiazole rings is 1. The molecule has 0 saturated carbocycles. The van der Waals surface area contributed by atoms with Gasteiger partial charge in [-0.2, -0.15) is 9.97 Å². The minimum absolute atomic E-state index is 0.0134. The average molecular weight is 1190 g/mol. The van der Waals surface area contributed by atoms with E-state index >= 15 is 4.39 Å². The number of phenolic OH excluding ortho intramolecular Hbond substituents is 1. The molecule has 0 aliphatic carbocycles. The molecule has 7 aromatic rings.